The summed E-state index contributed by atoms with van der Waals surface area (Å²) in [5.74, 6) is 1.09. The number of H-pyrrole nitrogens is 1. The minimum Gasteiger partial charge on any atom is -0.495 e. The minimum atomic E-state index is -0.0286. The number of rotatable bonds is 7. The number of aromatic nitrogens is 3. The van der Waals surface area contributed by atoms with E-state index in [1.54, 1.807) is 31.6 Å². The topological polar surface area (TPSA) is 107 Å². The zero-order chi connectivity index (χ0) is 24.2. The molecule has 2 aromatic heterocycles. The number of β-amino-alcohol motifs (C(OH)–C–C–N with tert-alkyl or cyclic N) is 1. The molecule has 35 heavy (non-hydrogen) atoms. The Balaban J connectivity index is 1.32. The number of nitrogens with one attached hydrogen (secondary N) is 2. The number of amides is 1. The number of piperazine rings is 1. The lowest BCUT2D eigenvalue weighted by atomic mass is 10.1. The maximum atomic E-state index is 13.0. The molecule has 1 amide bonds. The summed E-state index contributed by atoms with van der Waals surface area (Å²) in [4.78, 5) is 29.4. The molecular formula is C26H28N6O3. The van der Waals surface area contributed by atoms with E-state index in [-0.39, 0.29) is 12.5 Å². The number of fused-ring (bicyclic) bond motifs is 1. The third-order valence-corrected chi connectivity index (χ3v) is 6.23. The lowest BCUT2D eigenvalue weighted by molar-refractivity contribution is 0.0614. The SMILES string of the molecule is COc1cc(C(=O)N2CCN(CCO)CC2)ccc1Nc1cncc(-c2cc3ccccc3[nH]2)n1. The van der Waals surface area contributed by atoms with Crippen molar-refractivity contribution in [2.24, 2.45) is 0 Å². The number of para-hydroxylation sites is 1. The molecule has 1 aliphatic rings. The minimum absolute atomic E-state index is 0.0286. The van der Waals surface area contributed by atoms with Gasteiger partial charge in [0.2, 0.25) is 0 Å². The van der Waals surface area contributed by atoms with Crippen LogP contribution in [0.25, 0.3) is 22.3 Å². The Bertz CT molecular complexity index is 1300. The predicted octanol–water partition coefficient (Wildman–Crippen LogP) is 3.13. The highest BCUT2D eigenvalue weighted by molar-refractivity contribution is 5.95. The average Bonchev–Trinajstić information content (AvgIpc) is 3.34. The number of benzene rings is 2. The van der Waals surface area contributed by atoms with E-state index in [1.165, 1.54) is 0 Å². The van der Waals surface area contributed by atoms with Crippen LogP contribution in [0.5, 0.6) is 5.75 Å². The Hall–Kier alpha value is -3.95. The molecule has 2 aromatic carbocycles. The van der Waals surface area contributed by atoms with E-state index in [9.17, 15) is 4.79 Å². The molecule has 0 unspecified atom stereocenters. The van der Waals surface area contributed by atoms with Gasteiger partial charge in [-0.05, 0) is 30.3 Å². The fourth-order valence-electron chi connectivity index (χ4n) is 4.33. The van der Waals surface area contributed by atoms with E-state index in [2.05, 4.69) is 20.2 Å². The van der Waals surface area contributed by atoms with Gasteiger partial charge in [0.1, 0.15) is 17.3 Å². The molecule has 3 N–H and O–H groups in total. The zero-order valence-corrected chi connectivity index (χ0v) is 19.6. The van der Waals surface area contributed by atoms with Crippen molar-refractivity contribution in [3.63, 3.8) is 0 Å². The molecule has 0 atom stereocenters. The van der Waals surface area contributed by atoms with Crippen LogP contribution in [0.2, 0.25) is 0 Å². The number of anilines is 2. The van der Waals surface area contributed by atoms with Crippen LogP contribution in [0, 0.1) is 0 Å². The predicted molar refractivity (Wildman–Crippen MR) is 135 cm³/mol. The molecule has 5 rings (SSSR count). The first kappa shape index (κ1) is 22.8. The Morgan fingerprint density at radius 2 is 1.94 bits per heavy atom. The molecule has 1 saturated heterocycles. The highest BCUT2D eigenvalue weighted by Crippen LogP contribution is 2.30. The van der Waals surface area contributed by atoms with Crippen LogP contribution >= 0.6 is 0 Å². The molecule has 180 valence electrons. The maximum absolute atomic E-state index is 13.0. The van der Waals surface area contributed by atoms with Crippen LogP contribution in [-0.4, -0.2) is 82.2 Å². The normalized spacial score (nSPS) is 14.3. The fraction of sp³-hybridized carbons (Fsp3) is 0.269. The van der Waals surface area contributed by atoms with E-state index in [0.717, 1.165) is 35.4 Å². The van der Waals surface area contributed by atoms with Gasteiger partial charge in [0, 0.05) is 49.2 Å². The Morgan fingerprint density at radius 3 is 2.71 bits per heavy atom. The second kappa shape index (κ2) is 10.1. The van der Waals surface area contributed by atoms with Gasteiger partial charge in [-0.15, -0.1) is 0 Å². The maximum Gasteiger partial charge on any atom is 0.254 e. The van der Waals surface area contributed by atoms with Crippen LogP contribution in [0.3, 0.4) is 0 Å². The van der Waals surface area contributed by atoms with E-state index in [4.69, 9.17) is 14.8 Å². The zero-order valence-electron chi connectivity index (χ0n) is 19.6. The summed E-state index contributed by atoms with van der Waals surface area (Å²) in [7, 11) is 1.58. The molecule has 0 aliphatic carbocycles. The molecular weight excluding hydrogens is 444 g/mol. The number of carbonyl (C=O) groups is 1. The molecule has 0 saturated carbocycles. The van der Waals surface area contributed by atoms with Crippen molar-refractivity contribution in [1.82, 2.24) is 24.8 Å². The summed E-state index contributed by atoms with van der Waals surface area (Å²) in [5, 5.41) is 13.5. The van der Waals surface area contributed by atoms with Gasteiger partial charge in [-0.3, -0.25) is 14.7 Å². The van der Waals surface area contributed by atoms with Crippen LogP contribution < -0.4 is 10.1 Å². The van der Waals surface area contributed by atoms with Crippen molar-refractivity contribution in [2.75, 3.05) is 51.8 Å². The van der Waals surface area contributed by atoms with Crippen molar-refractivity contribution in [1.29, 1.82) is 0 Å². The quantitative estimate of drug-likeness (QED) is 0.379. The number of aromatic amines is 1. The number of carbonyl (C=O) groups excluding carboxylic acids is 1. The first-order valence-corrected chi connectivity index (χ1v) is 11.6. The first-order chi connectivity index (χ1) is 17.1. The van der Waals surface area contributed by atoms with Crippen LogP contribution in [0.1, 0.15) is 10.4 Å². The Morgan fingerprint density at radius 1 is 1.11 bits per heavy atom. The van der Waals surface area contributed by atoms with Gasteiger partial charge in [0.15, 0.2) is 0 Å². The van der Waals surface area contributed by atoms with Crippen molar-refractivity contribution < 1.29 is 14.6 Å². The molecule has 0 spiro atoms. The smallest absolute Gasteiger partial charge is 0.254 e. The molecule has 3 heterocycles. The highest BCUT2D eigenvalue weighted by atomic mass is 16.5. The average molecular weight is 473 g/mol. The standard InChI is InChI=1S/C26H28N6O3/c1-35-24-15-19(26(34)32-10-8-31(9-11-32)12-13-33)6-7-21(24)29-25-17-27-16-23(30-25)22-14-18-4-2-3-5-20(18)28-22/h2-7,14-17,28,33H,8-13H2,1H3,(H,29,30). The molecule has 1 fully saturated rings. The van der Waals surface area contributed by atoms with Gasteiger partial charge < -0.3 is 25.0 Å². The van der Waals surface area contributed by atoms with Crippen LogP contribution in [-0.2, 0) is 0 Å². The number of ether oxygens (including phenoxy) is 1. The van der Waals surface area contributed by atoms with Gasteiger partial charge in [-0.1, -0.05) is 18.2 Å². The lowest BCUT2D eigenvalue weighted by Gasteiger charge is -2.34. The fourth-order valence-corrected chi connectivity index (χ4v) is 4.33. The molecule has 4 aromatic rings. The monoisotopic (exact) mass is 472 g/mol. The van der Waals surface area contributed by atoms with Gasteiger partial charge >= 0.3 is 0 Å². The summed E-state index contributed by atoms with van der Waals surface area (Å²) in [5.41, 5.74) is 3.91. The van der Waals surface area contributed by atoms with Gasteiger partial charge in [-0.25, -0.2) is 4.98 Å². The third kappa shape index (κ3) is 4.96. The van der Waals surface area contributed by atoms with E-state index < -0.39 is 0 Å². The summed E-state index contributed by atoms with van der Waals surface area (Å²) in [6.45, 7) is 3.56. The van der Waals surface area contributed by atoms with Gasteiger partial charge in [-0.2, -0.15) is 0 Å². The largest absolute Gasteiger partial charge is 0.495 e. The highest BCUT2D eigenvalue weighted by Gasteiger charge is 2.22. The Kier molecular flexibility index (Phi) is 6.60. The van der Waals surface area contributed by atoms with E-state index in [0.29, 0.717) is 42.5 Å². The number of hydrogen-bond donors (Lipinski definition) is 3. The summed E-state index contributed by atoms with van der Waals surface area (Å²) in [6.07, 6.45) is 3.37. The third-order valence-electron chi connectivity index (χ3n) is 6.23. The van der Waals surface area contributed by atoms with Gasteiger partial charge in [0.05, 0.1) is 37.5 Å². The second-order valence-electron chi connectivity index (χ2n) is 8.46. The molecule has 9 heteroatoms. The first-order valence-electron chi connectivity index (χ1n) is 11.6. The van der Waals surface area contributed by atoms with Crippen molar-refractivity contribution in [3.8, 4) is 17.1 Å². The van der Waals surface area contributed by atoms with Crippen LogP contribution in [0.4, 0.5) is 11.5 Å². The van der Waals surface area contributed by atoms with Crippen molar-refractivity contribution in [3.05, 3.63) is 66.5 Å². The summed E-state index contributed by atoms with van der Waals surface area (Å²) < 4.78 is 5.58. The molecule has 0 bridgehead atoms. The van der Waals surface area contributed by atoms with Crippen LogP contribution in [0.15, 0.2) is 60.9 Å². The van der Waals surface area contributed by atoms with E-state index in [1.807, 2.05) is 41.3 Å². The van der Waals surface area contributed by atoms with Gasteiger partial charge in [0.25, 0.3) is 5.91 Å². The molecule has 9 nitrogen and oxygen atoms in total. The Labute approximate surface area is 203 Å². The lowest BCUT2D eigenvalue weighted by Crippen LogP contribution is -2.49. The summed E-state index contributed by atoms with van der Waals surface area (Å²) >= 11 is 0. The molecule has 1 aliphatic heterocycles. The number of methoxy groups -OCH3 is 1. The molecule has 0 radical (unpaired) electrons. The number of nitrogens with zero attached hydrogens (tertiary/aromatic N) is 4. The van der Waals surface area contributed by atoms with E-state index >= 15 is 0 Å². The summed E-state index contributed by atoms with van der Waals surface area (Å²) in [6, 6.07) is 15.5. The number of aliphatic hydroxyl groups excluding tert-OH is 1. The number of hydrogen-bond acceptors (Lipinski definition) is 7. The number of aliphatic hydroxyl groups is 1. The second-order valence-corrected chi connectivity index (χ2v) is 8.46. The van der Waals surface area contributed by atoms with Crippen molar-refractivity contribution in [2.45, 2.75) is 0 Å². The van der Waals surface area contributed by atoms with Crippen molar-refractivity contribution >= 4 is 28.3 Å².